The van der Waals surface area contributed by atoms with Crippen LogP contribution in [0, 0.1) is 0 Å². The number of ether oxygens (including phenoxy) is 1. The van der Waals surface area contributed by atoms with Crippen LogP contribution in [0.2, 0.25) is 0 Å². The van der Waals surface area contributed by atoms with E-state index < -0.39 is 74.3 Å². The maximum absolute atomic E-state index is 14.2. The topological polar surface area (TPSA) is 217 Å². The summed E-state index contributed by atoms with van der Waals surface area (Å²) < 4.78 is 17.8. The molecule has 2 heterocycles. The monoisotopic (exact) mass is 751 g/mol. The number of rotatable bonds is 15. The lowest BCUT2D eigenvalue weighted by molar-refractivity contribution is -0.147. The van der Waals surface area contributed by atoms with E-state index in [1.54, 1.807) is 0 Å². The van der Waals surface area contributed by atoms with Crippen LogP contribution in [0.15, 0.2) is 72.1 Å². The molecule has 4 atom stereocenters. The van der Waals surface area contributed by atoms with Gasteiger partial charge in [0.05, 0.1) is 6.61 Å². The number of thiophene rings is 1. The Labute approximate surface area is 304 Å². The van der Waals surface area contributed by atoms with E-state index in [4.69, 9.17) is 10.5 Å². The molecule has 5 amide bonds. The first-order valence-electron chi connectivity index (χ1n) is 16.8. The molecule has 1 aliphatic heterocycles. The molecule has 0 aliphatic carbocycles. The van der Waals surface area contributed by atoms with Crippen LogP contribution >= 0.6 is 18.9 Å². The van der Waals surface area contributed by atoms with Crippen molar-refractivity contribution in [2.24, 2.45) is 5.73 Å². The van der Waals surface area contributed by atoms with Gasteiger partial charge in [-0.05, 0) is 58.0 Å². The van der Waals surface area contributed by atoms with Crippen molar-refractivity contribution >= 4 is 69.3 Å². The molecule has 7 N–H and O–H groups in total. The number of carbonyl (C=O) groups excluding carboxylic acids is 5. The fraction of sp³-hybridized carbons (Fsp3) is 0.361. The summed E-state index contributed by atoms with van der Waals surface area (Å²) in [4.78, 5) is 86.4. The molecule has 4 unspecified atom stereocenters. The van der Waals surface area contributed by atoms with Gasteiger partial charge in [0, 0.05) is 31.0 Å². The number of nitrogens with two attached hydrogens (primary N) is 1. The molecule has 0 radical (unpaired) electrons. The predicted octanol–water partition coefficient (Wildman–Crippen LogP) is 2.33. The highest BCUT2D eigenvalue weighted by Gasteiger charge is 2.38. The van der Waals surface area contributed by atoms with Gasteiger partial charge in [0.25, 0.3) is 0 Å². The van der Waals surface area contributed by atoms with Crippen LogP contribution in [0.1, 0.15) is 37.3 Å². The Balaban J connectivity index is 1.34. The van der Waals surface area contributed by atoms with Gasteiger partial charge in [-0.1, -0.05) is 60.7 Å². The fourth-order valence-corrected chi connectivity index (χ4v) is 7.68. The molecule has 1 fully saturated rings. The predicted molar refractivity (Wildman–Crippen MR) is 196 cm³/mol. The first-order chi connectivity index (χ1) is 24.8. The summed E-state index contributed by atoms with van der Waals surface area (Å²) in [6, 6.07) is 16.2. The van der Waals surface area contributed by atoms with Crippen molar-refractivity contribution in [1.29, 1.82) is 0 Å². The summed E-state index contributed by atoms with van der Waals surface area (Å²) in [7, 11) is -4.64. The molecule has 52 heavy (non-hydrogen) atoms. The Morgan fingerprint density at radius 1 is 0.923 bits per heavy atom. The van der Waals surface area contributed by atoms with Crippen LogP contribution in [0.5, 0.6) is 0 Å². The zero-order valence-corrected chi connectivity index (χ0v) is 30.2. The van der Waals surface area contributed by atoms with E-state index in [9.17, 15) is 38.3 Å². The molecule has 16 heteroatoms. The Morgan fingerprint density at radius 2 is 1.65 bits per heavy atom. The quantitative estimate of drug-likeness (QED) is 0.0982. The molecule has 1 saturated heterocycles. The SMILES string of the molecule is CC(=O)NC(Cc1csc2ccccc12)C(=O)NC(COCP(=O)(O)O)C(=O)N1CCCCC1C(=O)NC(Cc1ccc2ccccc2c1)C(N)=O. The van der Waals surface area contributed by atoms with Crippen molar-refractivity contribution in [2.75, 3.05) is 19.5 Å². The van der Waals surface area contributed by atoms with Gasteiger partial charge in [-0.15, -0.1) is 11.3 Å². The number of hydrogen-bond donors (Lipinski definition) is 6. The Hall–Kier alpha value is -4.66. The van der Waals surface area contributed by atoms with Crippen LogP contribution < -0.4 is 21.7 Å². The molecule has 4 aromatic rings. The van der Waals surface area contributed by atoms with Crippen molar-refractivity contribution in [3.63, 3.8) is 0 Å². The first-order valence-corrected chi connectivity index (χ1v) is 19.5. The zero-order valence-electron chi connectivity index (χ0n) is 28.5. The molecule has 0 saturated carbocycles. The smallest absolute Gasteiger partial charge is 0.350 e. The molecular formula is C36H42N5O9PS. The summed E-state index contributed by atoms with van der Waals surface area (Å²) in [5.74, 6) is -3.31. The maximum atomic E-state index is 14.2. The highest BCUT2D eigenvalue weighted by Crippen LogP contribution is 2.34. The number of nitrogens with one attached hydrogen (secondary N) is 3. The van der Waals surface area contributed by atoms with Gasteiger partial charge in [-0.25, -0.2) is 0 Å². The number of fused-ring (bicyclic) bond motifs is 2. The van der Waals surface area contributed by atoms with E-state index >= 15 is 0 Å². The van der Waals surface area contributed by atoms with Crippen LogP contribution in [0.4, 0.5) is 0 Å². The zero-order chi connectivity index (χ0) is 37.4. The van der Waals surface area contributed by atoms with Gasteiger partial charge in [-0.2, -0.15) is 0 Å². The van der Waals surface area contributed by atoms with Crippen LogP contribution in [0.25, 0.3) is 20.9 Å². The molecule has 3 aromatic carbocycles. The lowest BCUT2D eigenvalue weighted by Crippen LogP contribution is -2.61. The number of likely N-dealkylation sites (tertiary alicyclic amines) is 1. The molecule has 5 rings (SSSR count). The summed E-state index contributed by atoms with van der Waals surface area (Å²) >= 11 is 1.48. The van der Waals surface area contributed by atoms with E-state index in [1.807, 2.05) is 72.1 Å². The Bertz CT molecular complexity index is 2000. The third-order valence-electron chi connectivity index (χ3n) is 8.84. The normalized spacial score (nSPS) is 16.5. The minimum absolute atomic E-state index is 0.0974. The second-order valence-electron chi connectivity index (χ2n) is 12.8. The summed E-state index contributed by atoms with van der Waals surface area (Å²) in [6.07, 6.45) is 0.588. The maximum Gasteiger partial charge on any atom is 0.350 e. The molecule has 14 nitrogen and oxygen atoms in total. The van der Waals surface area contributed by atoms with E-state index in [1.165, 1.54) is 23.2 Å². The van der Waals surface area contributed by atoms with Gasteiger partial charge in [0.15, 0.2) is 0 Å². The van der Waals surface area contributed by atoms with E-state index in [-0.39, 0.29) is 25.8 Å². The number of nitrogens with zero attached hydrogens (tertiary/aromatic N) is 1. The second kappa shape index (κ2) is 17.2. The van der Waals surface area contributed by atoms with Gasteiger partial charge in [0.1, 0.15) is 30.5 Å². The van der Waals surface area contributed by atoms with Crippen molar-refractivity contribution < 1.29 is 43.1 Å². The van der Waals surface area contributed by atoms with E-state index in [0.29, 0.717) is 12.8 Å². The molecular weight excluding hydrogens is 709 g/mol. The third-order valence-corrected chi connectivity index (χ3v) is 10.4. The molecule has 0 bridgehead atoms. The first kappa shape index (κ1) is 38.6. The van der Waals surface area contributed by atoms with Crippen LogP contribution in [-0.4, -0.2) is 87.9 Å². The van der Waals surface area contributed by atoms with Crippen molar-refractivity contribution in [3.05, 3.63) is 83.2 Å². The lowest BCUT2D eigenvalue weighted by atomic mass is 9.98. The van der Waals surface area contributed by atoms with E-state index in [2.05, 4.69) is 16.0 Å². The second-order valence-corrected chi connectivity index (χ2v) is 15.3. The Kier molecular flexibility index (Phi) is 12.8. The average molecular weight is 752 g/mol. The number of hydrogen-bond acceptors (Lipinski definition) is 8. The van der Waals surface area contributed by atoms with Crippen LogP contribution in [0.3, 0.4) is 0 Å². The van der Waals surface area contributed by atoms with Crippen LogP contribution in [-0.2, 0) is 46.1 Å². The molecule has 1 aromatic heterocycles. The van der Waals surface area contributed by atoms with Gasteiger partial charge < -0.3 is 41.1 Å². The van der Waals surface area contributed by atoms with Gasteiger partial charge in [-0.3, -0.25) is 28.5 Å². The molecule has 0 spiro atoms. The number of piperidine rings is 1. The van der Waals surface area contributed by atoms with E-state index in [0.717, 1.165) is 32.0 Å². The summed E-state index contributed by atoms with van der Waals surface area (Å²) in [6.45, 7) is 0.762. The molecule has 276 valence electrons. The highest BCUT2D eigenvalue weighted by molar-refractivity contribution is 7.51. The third kappa shape index (κ3) is 10.2. The largest absolute Gasteiger partial charge is 0.368 e. The summed E-state index contributed by atoms with van der Waals surface area (Å²) in [5.41, 5.74) is 7.29. The van der Waals surface area contributed by atoms with Crippen molar-refractivity contribution in [1.82, 2.24) is 20.9 Å². The molecule has 1 aliphatic rings. The van der Waals surface area contributed by atoms with Crippen molar-refractivity contribution in [3.8, 4) is 0 Å². The van der Waals surface area contributed by atoms with Gasteiger partial charge >= 0.3 is 7.60 Å². The number of carbonyl (C=O) groups is 5. The number of primary amides is 1. The lowest BCUT2D eigenvalue weighted by Gasteiger charge is -2.37. The standard InChI is InChI=1S/C36H42N5O9PS/c1-22(42)38-29(18-26-20-52-32-12-5-4-10-27(26)32)34(44)40-30(19-50-21-51(47,48)49)36(46)41-15-7-6-11-31(41)35(45)39-28(33(37)43)17-23-13-14-24-8-2-3-9-25(24)16-23/h2-5,8-10,12-14,16,20,28-31H,6-7,11,15,17-19,21H2,1H3,(H2,37,43)(H,38,42)(H,39,45)(H,40,44)(H2,47,48,49). The Morgan fingerprint density at radius 3 is 2.38 bits per heavy atom. The fourth-order valence-electron chi connectivity index (χ4n) is 6.36. The van der Waals surface area contributed by atoms with Gasteiger partial charge in [0.2, 0.25) is 29.5 Å². The number of benzene rings is 3. The highest BCUT2D eigenvalue weighted by atomic mass is 32.1. The van der Waals surface area contributed by atoms with Crippen molar-refractivity contribution in [2.45, 2.75) is 63.2 Å². The number of amides is 5. The minimum Gasteiger partial charge on any atom is -0.368 e. The minimum atomic E-state index is -4.64. The average Bonchev–Trinajstić information content (AvgIpc) is 3.52. The summed E-state index contributed by atoms with van der Waals surface area (Å²) in [5, 5.41) is 12.7.